The van der Waals surface area contributed by atoms with Gasteiger partial charge in [-0.05, 0) is 44.7 Å². The van der Waals surface area contributed by atoms with E-state index in [-0.39, 0.29) is 6.10 Å². The van der Waals surface area contributed by atoms with Gasteiger partial charge in [-0.25, -0.2) is 0 Å². The van der Waals surface area contributed by atoms with Gasteiger partial charge in [-0.2, -0.15) is 4.98 Å². The van der Waals surface area contributed by atoms with Crippen molar-refractivity contribution >= 4 is 11.5 Å². The minimum atomic E-state index is 0.0819. The smallest absolute Gasteiger partial charge is 0.239 e. The van der Waals surface area contributed by atoms with Crippen LogP contribution in [0.1, 0.15) is 46.5 Å². The molecule has 1 saturated carbocycles. The first kappa shape index (κ1) is 14.0. The van der Waals surface area contributed by atoms with Gasteiger partial charge >= 0.3 is 0 Å². The van der Waals surface area contributed by atoms with E-state index in [0.717, 1.165) is 18.2 Å². The lowest BCUT2D eigenvalue weighted by molar-refractivity contribution is 0.234. The van der Waals surface area contributed by atoms with E-state index in [2.05, 4.69) is 17.2 Å². The van der Waals surface area contributed by atoms with Gasteiger partial charge in [-0.1, -0.05) is 19.8 Å². The first-order valence-electron chi connectivity index (χ1n) is 7.28. The van der Waals surface area contributed by atoms with Crippen molar-refractivity contribution in [1.29, 1.82) is 0 Å². The van der Waals surface area contributed by atoms with E-state index in [1.807, 2.05) is 26.0 Å². The van der Waals surface area contributed by atoms with E-state index in [1.54, 1.807) is 0 Å². The number of ether oxygens (including phenoxy) is 1. The highest BCUT2D eigenvalue weighted by atomic mass is 16.5. The van der Waals surface area contributed by atoms with Crippen LogP contribution >= 0.6 is 0 Å². The van der Waals surface area contributed by atoms with Gasteiger partial charge in [0, 0.05) is 6.04 Å². The van der Waals surface area contributed by atoms with Gasteiger partial charge in [0.05, 0.1) is 11.8 Å². The summed E-state index contributed by atoms with van der Waals surface area (Å²) in [6.45, 7) is 6.16. The third kappa shape index (κ3) is 4.30. The summed E-state index contributed by atoms with van der Waals surface area (Å²) in [5.74, 6) is 2.30. The van der Waals surface area contributed by atoms with Crippen molar-refractivity contribution in [3.05, 3.63) is 12.1 Å². The lowest BCUT2D eigenvalue weighted by Gasteiger charge is -2.18. The van der Waals surface area contributed by atoms with Crippen LogP contribution in [-0.4, -0.2) is 17.1 Å². The van der Waals surface area contributed by atoms with Crippen LogP contribution in [0.15, 0.2) is 12.1 Å². The Kier molecular flexibility index (Phi) is 4.51. The predicted octanol–water partition coefficient (Wildman–Crippen LogP) is 3.44. The molecule has 4 heteroatoms. The van der Waals surface area contributed by atoms with E-state index < -0.39 is 0 Å². The van der Waals surface area contributed by atoms with Crippen molar-refractivity contribution in [2.24, 2.45) is 5.92 Å². The molecule has 1 aromatic rings. The van der Waals surface area contributed by atoms with E-state index in [0.29, 0.717) is 17.6 Å². The Bertz CT molecular complexity index is 416. The molecule has 106 valence electrons. The normalized spacial score (nSPS) is 16.4. The molecule has 0 bridgehead atoms. The van der Waals surface area contributed by atoms with Crippen LogP contribution in [0.2, 0.25) is 0 Å². The van der Waals surface area contributed by atoms with Crippen molar-refractivity contribution in [3.8, 4) is 5.88 Å². The van der Waals surface area contributed by atoms with Gasteiger partial charge in [0.15, 0.2) is 0 Å². The predicted molar refractivity (Wildman–Crippen MR) is 79.5 cm³/mol. The van der Waals surface area contributed by atoms with Crippen molar-refractivity contribution in [2.75, 3.05) is 11.1 Å². The number of aromatic nitrogens is 1. The fourth-order valence-electron chi connectivity index (χ4n) is 2.14. The number of hydrogen-bond acceptors (Lipinski definition) is 4. The SMILES string of the molecule is CCC(CC1CC1)Nc1ccc(N)c(OC(C)C)n1. The van der Waals surface area contributed by atoms with Gasteiger partial charge in [-0.3, -0.25) is 0 Å². The molecule has 0 amide bonds. The quantitative estimate of drug-likeness (QED) is 0.791. The molecule has 19 heavy (non-hydrogen) atoms. The van der Waals surface area contributed by atoms with Crippen molar-refractivity contribution < 1.29 is 4.74 Å². The fraction of sp³-hybridized carbons (Fsp3) is 0.667. The lowest BCUT2D eigenvalue weighted by atomic mass is 10.1. The zero-order valence-corrected chi connectivity index (χ0v) is 12.1. The summed E-state index contributed by atoms with van der Waals surface area (Å²) in [5, 5.41) is 3.49. The summed E-state index contributed by atoms with van der Waals surface area (Å²) in [6.07, 6.45) is 5.20. The second-order valence-corrected chi connectivity index (χ2v) is 5.69. The monoisotopic (exact) mass is 263 g/mol. The summed E-state index contributed by atoms with van der Waals surface area (Å²) in [4.78, 5) is 4.47. The third-order valence-electron chi connectivity index (χ3n) is 3.40. The molecule has 0 radical (unpaired) electrons. The van der Waals surface area contributed by atoms with Crippen LogP contribution in [0.3, 0.4) is 0 Å². The Labute approximate surface area is 115 Å². The molecule has 1 heterocycles. The summed E-state index contributed by atoms with van der Waals surface area (Å²) < 4.78 is 5.62. The van der Waals surface area contributed by atoms with Gasteiger partial charge < -0.3 is 15.8 Å². The summed E-state index contributed by atoms with van der Waals surface area (Å²) in [5.41, 5.74) is 6.47. The van der Waals surface area contributed by atoms with Crippen molar-refractivity contribution in [3.63, 3.8) is 0 Å². The van der Waals surface area contributed by atoms with Crippen LogP contribution in [0.5, 0.6) is 5.88 Å². The summed E-state index contributed by atoms with van der Waals surface area (Å²) >= 11 is 0. The molecule has 2 rings (SSSR count). The number of pyridine rings is 1. The summed E-state index contributed by atoms with van der Waals surface area (Å²) in [6, 6.07) is 4.28. The minimum absolute atomic E-state index is 0.0819. The zero-order valence-electron chi connectivity index (χ0n) is 12.1. The lowest BCUT2D eigenvalue weighted by Crippen LogP contribution is -2.20. The molecule has 0 aromatic carbocycles. The third-order valence-corrected chi connectivity index (χ3v) is 3.40. The molecule has 0 aliphatic heterocycles. The van der Waals surface area contributed by atoms with Gasteiger partial charge in [0.1, 0.15) is 5.82 Å². The molecule has 4 nitrogen and oxygen atoms in total. The maximum atomic E-state index is 5.88. The largest absolute Gasteiger partial charge is 0.473 e. The average Bonchev–Trinajstić information content (AvgIpc) is 3.16. The number of nitrogen functional groups attached to an aromatic ring is 1. The van der Waals surface area contributed by atoms with Gasteiger partial charge in [0.2, 0.25) is 5.88 Å². The molecule has 1 aromatic heterocycles. The Hall–Kier alpha value is -1.45. The molecule has 1 atom stereocenters. The van der Waals surface area contributed by atoms with Crippen molar-refractivity contribution in [2.45, 2.75) is 58.6 Å². The van der Waals surface area contributed by atoms with E-state index in [1.165, 1.54) is 19.3 Å². The second kappa shape index (κ2) is 6.13. The number of anilines is 2. The molecular formula is C15H25N3O. The number of nitrogens with one attached hydrogen (secondary N) is 1. The molecule has 1 aliphatic carbocycles. The topological polar surface area (TPSA) is 60.2 Å². The first-order valence-corrected chi connectivity index (χ1v) is 7.28. The second-order valence-electron chi connectivity index (χ2n) is 5.69. The molecular weight excluding hydrogens is 238 g/mol. The highest BCUT2D eigenvalue weighted by Crippen LogP contribution is 2.35. The maximum Gasteiger partial charge on any atom is 0.239 e. The van der Waals surface area contributed by atoms with Crippen LogP contribution in [0.4, 0.5) is 11.5 Å². The Morgan fingerprint density at radius 2 is 2.16 bits per heavy atom. The highest BCUT2D eigenvalue weighted by molar-refractivity contribution is 5.53. The molecule has 0 spiro atoms. The van der Waals surface area contributed by atoms with Crippen LogP contribution in [0, 0.1) is 5.92 Å². The van der Waals surface area contributed by atoms with Crippen LogP contribution in [-0.2, 0) is 0 Å². The number of hydrogen-bond donors (Lipinski definition) is 2. The Morgan fingerprint density at radius 3 is 2.74 bits per heavy atom. The fourth-order valence-corrected chi connectivity index (χ4v) is 2.14. The number of nitrogens with zero attached hydrogens (tertiary/aromatic N) is 1. The van der Waals surface area contributed by atoms with Gasteiger partial charge in [0.25, 0.3) is 0 Å². The highest BCUT2D eigenvalue weighted by Gasteiger charge is 2.24. The first-order chi connectivity index (χ1) is 9.08. The van der Waals surface area contributed by atoms with Crippen molar-refractivity contribution in [1.82, 2.24) is 4.98 Å². The molecule has 0 saturated heterocycles. The molecule has 1 unspecified atom stereocenters. The summed E-state index contributed by atoms with van der Waals surface area (Å²) in [7, 11) is 0. The van der Waals surface area contributed by atoms with Crippen LogP contribution < -0.4 is 15.8 Å². The Morgan fingerprint density at radius 1 is 1.42 bits per heavy atom. The molecule has 1 fully saturated rings. The molecule has 3 N–H and O–H groups in total. The Balaban J connectivity index is 2.01. The molecule has 1 aliphatic rings. The average molecular weight is 263 g/mol. The van der Waals surface area contributed by atoms with Crippen LogP contribution in [0.25, 0.3) is 0 Å². The standard InChI is InChI=1S/C15H25N3O/c1-4-12(9-11-5-6-11)17-14-8-7-13(16)15(18-14)19-10(2)3/h7-8,10-12H,4-6,9,16H2,1-3H3,(H,17,18). The number of nitrogens with two attached hydrogens (primary N) is 1. The minimum Gasteiger partial charge on any atom is -0.473 e. The van der Waals surface area contributed by atoms with E-state index in [9.17, 15) is 0 Å². The number of rotatable bonds is 7. The maximum absolute atomic E-state index is 5.88. The van der Waals surface area contributed by atoms with Gasteiger partial charge in [-0.15, -0.1) is 0 Å². The zero-order chi connectivity index (χ0) is 13.8. The van der Waals surface area contributed by atoms with E-state index in [4.69, 9.17) is 10.5 Å². The van der Waals surface area contributed by atoms with E-state index >= 15 is 0 Å².